The molecule has 2 atom stereocenters. The summed E-state index contributed by atoms with van der Waals surface area (Å²) in [7, 11) is 0. The van der Waals surface area contributed by atoms with Crippen molar-refractivity contribution in [2.45, 2.75) is 51.8 Å². The van der Waals surface area contributed by atoms with Gasteiger partial charge in [-0.05, 0) is 39.7 Å². The zero-order chi connectivity index (χ0) is 19.6. The highest BCUT2D eigenvalue weighted by atomic mass is 19.1. The smallest absolute Gasteiger partial charge is 0.137 e. The number of aromatic nitrogens is 3. The molecule has 0 spiro atoms. The quantitative estimate of drug-likeness (QED) is 0.814. The predicted octanol–water partition coefficient (Wildman–Crippen LogP) is 3.26. The second-order valence-electron chi connectivity index (χ2n) is 7.46. The largest absolute Gasteiger partial charge is 0.381 e. The first-order valence-electron chi connectivity index (χ1n) is 9.21. The highest BCUT2D eigenvalue weighted by Crippen LogP contribution is 2.34. The van der Waals surface area contributed by atoms with E-state index in [2.05, 4.69) is 28.8 Å². The Hall–Kier alpha value is -2.12. The van der Waals surface area contributed by atoms with Crippen LogP contribution in [0.3, 0.4) is 0 Å². The number of allylic oxidation sites excluding steroid dienone is 1. The standard InChI is InChI=1S/C20H26F2N4O/c1-14(2)16-6-8-25(9-7-16)15(3)20(27,11-26-13-23-12-24-26)18-5-4-17(21)10-19(18)22/h4-5,10,12-13,15,27H,6-9,11H2,1-3H3/t15-,20-/m1/s1. The number of rotatable bonds is 5. The van der Waals surface area contributed by atoms with Gasteiger partial charge in [-0.15, -0.1) is 0 Å². The van der Waals surface area contributed by atoms with E-state index in [-0.39, 0.29) is 18.2 Å². The van der Waals surface area contributed by atoms with E-state index in [9.17, 15) is 13.9 Å². The normalized spacial score (nSPS) is 19.0. The molecule has 0 radical (unpaired) electrons. The van der Waals surface area contributed by atoms with Gasteiger partial charge in [0.2, 0.25) is 0 Å². The first-order valence-corrected chi connectivity index (χ1v) is 9.21. The maximum absolute atomic E-state index is 14.6. The minimum Gasteiger partial charge on any atom is -0.381 e. The maximum Gasteiger partial charge on any atom is 0.137 e. The predicted molar refractivity (Wildman–Crippen MR) is 98.9 cm³/mol. The number of piperidine rings is 1. The molecule has 1 N–H and O–H groups in total. The van der Waals surface area contributed by atoms with Crippen LogP contribution in [-0.4, -0.2) is 43.9 Å². The van der Waals surface area contributed by atoms with Crippen LogP contribution in [0.4, 0.5) is 8.78 Å². The van der Waals surface area contributed by atoms with Crippen molar-refractivity contribution in [2.24, 2.45) is 0 Å². The van der Waals surface area contributed by atoms with Crippen molar-refractivity contribution in [2.75, 3.05) is 13.1 Å². The molecule has 7 heteroatoms. The molecule has 0 bridgehead atoms. The summed E-state index contributed by atoms with van der Waals surface area (Å²) in [6.07, 6.45) is 4.71. The number of hydrogen-bond acceptors (Lipinski definition) is 4. The molecule has 1 aliphatic heterocycles. The third-order valence-electron chi connectivity index (χ3n) is 5.61. The van der Waals surface area contributed by atoms with Crippen molar-refractivity contribution in [1.29, 1.82) is 0 Å². The molecule has 1 saturated heterocycles. The van der Waals surface area contributed by atoms with Gasteiger partial charge in [0.1, 0.15) is 29.9 Å². The van der Waals surface area contributed by atoms with Gasteiger partial charge in [-0.3, -0.25) is 4.90 Å². The molecule has 27 heavy (non-hydrogen) atoms. The molecule has 2 heterocycles. The third kappa shape index (κ3) is 4.09. The third-order valence-corrected chi connectivity index (χ3v) is 5.61. The van der Waals surface area contributed by atoms with E-state index in [1.165, 1.54) is 40.6 Å². The van der Waals surface area contributed by atoms with Crippen molar-refractivity contribution in [3.05, 3.63) is 59.2 Å². The lowest BCUT2D eigenvalue weighted by molar-refractivity contribution is -0.0657. The van der Waals surface area contributed by atoms with E-state index in [1.54, 1.807) is 0 Å². The molecule has 1 aromatic heterocycles. The lowest BCUT2D eigenvalue weighted by atomic mass is 9.84. The first kappa shape index (κ1) is 19.6. The topological polar surface area (TPSA) is 54.2 Å². The Kier molecular flexibility index (Phi) is 5.72. The Morgan fingerprint density at radius 1 is 1.26 bits per heavy atom. The van der Waals surface area contributed by atoms with Crippen LogP contribution in [0.2, 0.25) is 0 Å². The molecule has 0 amide bonds. The summed E-state index contributed by atoms with van der Waals surface area (Å²) in [6, 6.07) is 2.92. The molecule has 1 fully saturated rings. The van der Waals surface area contributed by atoms with Gasteiger partial charge in [0, 0.05) is 30.8 Å². The molecule has 0 aliphatic carbocycles. The Balaban J connectivity index is 1.93. The van der Waals surface area contributed by atoms with Crippen molar-refractivity contribution >= 4 is 0 Å². The van der Waals surface area contributed by atoms with E-state index < -0.39 is 17.2 Å². The van der Waals surface area contributed by atoms with Crippen LogP contribution in [0, 0.1) is 11.6 Å². The van der Waals surface area contributed by atoms with Crippen LogP contribution in [-0.2, 0) is 12.1 Å². The molecule has 2 aromatic rings. The molecule has 0 unspecified atom stereocenters. The van der Waals surface area contributed by atoms with Crippen molar-refractivity contribution in [1.82, 2.24) is 19.7 Å². The van der Waals surface area contributed by atoms with E-state index in [0.29, 0.717) is 0 Å². The average Bonchev–Trinajstić information content (AvgIpc) is 3.13. The van der Waals surface area contributed by atoms with Gasteiger partial charge >= 0.3 is 0 Å². The fourth-order valence-electron chi connectivity index (χ4n) is 3.83. The summed E-state index contributed by atoms with van der Waals surface area (Å²) in [6.45, 7) is 7.71. The number of likely N-dealkylation sites (tertiary alicyclic amines) is 1. The fraction of sp³-hybridized carbons (Fsp3) is 0.500. The number of nitrogens with zero attached hydrogens (tertiary/aromatic N) is 4. The molecule has 146 valence electrons. The molecule has 0 saturated carbocycles. The second-order valence-corrected chi connectivity index (χ2v) is 7.46. The Morgan fingerprint density at radius 2 is 1.96 bits per heavy atom. The van der Waals surface area contributed by atoms with E-state index in [0.717, 1.165) is 32.0 Å². The van der Waals surface area contributed by atoms with Crippen LogP contribution in [0.5, 0.6) is 0 Å². The van der Waals surface area contributed by atoms with Gasteiger partial charge < -0.3 is 5.11 Å². The summed E-state index contributed by atoms with van der Waals surface area (Å²) in [5.41, 5.74) is 1.27. The van der Waals surface area contributed by atoms with Gasteiger partial charge in [-0.1, -0.05) is 17.2 Å². The Labute approximate surface area is 158 Å². The summed E-state index contributed by atoms with van der Waals surface area (Å²) < 4.78 is 29.5. The van der Waals surface area contributed by atoms with Crippen LogP contribution in [0.1, 0.15) is 39.2 Å². The molecule has 1 aromatic carbocycles. The van der Waals surface area contributed by atoms with E-state index in [1.807, 2.05) is 6.92 Å². The van der Waals surface area contributed by atoms with Crippen LogP contribution in [0.25, 0.3) is 0 Å². The Morgan fingerprint density at radius 3 is 2.52 bits per heavy atom. The molecular formula is C20H26F2N4O. The van der Waals surface area contributed by atoms with Crippen LogP contribution < -0.4 is 0 Å². The highest BCUT2D eigenvalue weighted by Gasteiger charge is 2.42. The molecule has 3 rings (SSSR count). The molecule has 5 nitrogen and oxygen atoms in total. The van der Waals surface area contributed by atoms with Gasteiger partial charge in [0.15, 0.2) is 0 Å². The zero-order valence-corrected chi connectivity index (χ0v) is 16.0. The van der Waals surface area contributed by atoms with Crippen LogP contribution in [0.15, 0.2) is 42.0 Å². The Bertz CT molecular complexity index is 807. The van der Waals surface area contributed by atoms with Crippen molar-refractivity contribution in [3.8, 4) is 0 Å². The van der Waals surface area contributed by atoms with Gasteiger partial charge in [-0.25, -0.2) is 18.4 Å². The van der Waals surface area contributed by atoms with Crippen LogP contribution >= 0.6 is 0 Å². The lowest BCUT2D eigenvalue weighted by Crippen LogP contribution is -2.53. The fourth-order valence-corrected chi connectivity index (χ4v) is 3.83. The second kappa shape index (κ2) is 7.86. The van der Waals surface area contributed by atoms with Crippen molar-refractivity contribution in [3.63, 3.8) is 0 Å². The monoisotopic (exact) mass is 376 g/mol. The highest BCUT2D eigenvalue weighted by molar-refractivity contribution is 5.27. The SMILES string of the molecule is CC(C)=C1CCN([C@H](C)[C@](O)(Cn2cncn2)c2ccc(F)cc2F)CC1. The number of aliphatic hydroxyl groups is 1. The number of hydrogen-bond donors (Lipinski definition) is 1. The molecule has 1 aliphatic rings. The minimum absolute atomic E-state index is 0.0305. The summed E-state index contributed by atoms with van der Waals surface area (Å²) in [4.78, 5) is 6.06. The summed E-state index contributed by atoms with van der Waals surface area (Å²) in [5, 5.41) is 15.7. The van der Waals surface area contributed by atoms with Gasteiger partial charge in [0.05, 0.1) is 6.54 Å². The minimum atomic E-state index is -1.58. The number of benzene rings is 1. The van der Waals surface area contributed by atoms with E-state index >= 15 is 0 Å². The lowest BCUT2D eigenvalue weighted by Gasteiger charge is -2.43. The number of halogens is 2. The van der Waals surface area contributed by atoms with Crippen molar-refractivity contribution < 1.29 is 13.9 Å². The maximum atomic E-state index is 14.6. The first-order chi connectivity index (χ1) is 12.8. The average molecular weight is 376 g/mol. The zero-order valence-electron chi connectivity index (χ0n) is 16.0. The molecular weight excluding hydrogens is 350 g/mol. The summed E-state index contributed by atoms with van der Waals surface area (Å²) in [5.74, 6) is -1.43. The van der Waals surface area contributed by atoms with E-state index in [4.69, 9.17) is 0 Å². The summed E-state index contributed by atoms with van der Waals surface area (Å²) >= 11 is 0. The van der Waals surface area contributed by atoms with Gasteiger partial charge in [-0.2, -0.15) is 5.10 Å². The van der Waals surface area contributed by atoms with Gasteiger partial charge in [0.25, 0.3) is 0 Å².